The van der Waals surface area contributed by atoms with Crippen LogP contribution < -0.4 is 4.74 Å². The molecule has 0 aliphatic carbocycles. The number of hydrogen-bond acceptors (Lipinski definition) is 2. The van der Waals surface area contributed by atoms with E-state index in [0.717, 1.165) is 11.1 Å². The molecule has 114 valence electrons. The number of rotatable bonds is 4. The van der Waals surface area contributed by atoms with Crippen molar-refractivity contribution in [1.82, 2.24) is 0 Å². The molecule has 0 saturated carbocycles. The van der Waals surface area contributed by atoms with Gasteiger partial charge in [0, 0.05) is 5.56 Å². The van der Waals surface area contributed by atoms with Crippen LogP contribution in [0.2, 0.25) is 5.02 Å². The summed E-state index contributed by atoms with van der Waals surface area (Å²) in [5, 5.41) is 0.386. The summed E-state index contributed by atoms with van der Waals surface area (Å²) in [6, 6.07) is 22.5. The molecule has 0 bridgehead atoms. The second kappa shape index (κ2) is 6.67. The smallest absolute Gasteiger partial charge is 0.198 e. The Morgan fingerprint density at radius 2 is 1.57 bits per heavy atom. The highest BCUT2D eigenvalue weighted by Gasteiger charge is 2.20. The summed E-state index contributed by atoms with van der Waals surface area (Å²) < 4.78 is 5.31. The van der Waals surface area contributed by atoms with Crippen molar-refractivity contribution in [3.8, 4) is 16.9 Å². The topological polar surface area (TPSA) is 26.3 Å². The highest BCUT2D eigenvalue weighted by atomic mass is 35.5. The van der Waals surface area contributed by atoms with Gasteiger partial charge < -0.3 is 4.74 Å². The van der Waals surface area contributed by atoms with Gasteiger partial charge >= 0.3 is 0 Å². The Morgan fingerprint density at radius 1 is 0.870 bits per heavy atom. The van der Waals surface area contributed by atoms with Gasteiger partial charge in [-0.05, 0) is 23.3 Å². The first kappa shape index (κ1) is 15.3. The molecule has 0 spiro atoms. The molecular formula is C20H15ClO2. The van der Waals surface area contributed by atoms with E-state index in [0.29, 0.717) is 21.9 Å². The number of methoxy groups -OCH3 is 1. The van der Waals surface area contributed by atoms with Gasteiger partial charge in [0.05, 0.1) is 17.7 Å². The van der Waals surface area contributed by atoms with Gasteiger partial charge in [-0.15, -0.1) is 0 Å². The third kappa shape index (κ3) is 2.99. The Morgan fingerprint density at radius 3 is 2.30 bits per heavy atom. The van der Waals surface area contributed by atoms with Crippen LogP contribution in [0, 0.1) is 0 Å². The molecule has 3 rings (SSSR count). The van der Waals surface area contributed by atoms with Crippen LogP contribution in [0.5, 0.6) is 5.75 Å². The van der Waals surface area contributed by atoms with Crippen LogP contribution in [0.1, 0.15) is 15.9 Å². The number of carbonyl (C=O) groups is 1. The third-order valence-electron chi connectivity index (χ3n) is 3.68. The summed E-state index contributed by atoms with van der Waals surface area (Å²) in [5.74, 6) is 0.331. The van der Waals surface area contributed by atoms with E-state index < -0.39 is 0 Å². The zero-order valence-electron chi connectivity index (χ0n) is 12.6. The van der Waals surface area contributed by atoms with Crippen molar-refractivity contribution in [1.29, 1.82) is 0 Å². The van der Waals surface area contributed by atoms with E-state index in [9.17, 15) is 4.79 Å². The van der Waals surface area contributed by atoms with Gasteiger partial charge in [-0.25, -0.2) is 0 Å². The van der Waals surface area contributed by atoms with Crippen molar-refractivity contribution in [2.45, 2.75) is 0 Å². The van der Waals surface area contributed by atoms with Gasteiger partial charge in [-0.2, -0.15) is 0 Å². The highest BCUT2D eigenvalue weighted by Crippen LogP contribution is 2.32. The Kier molecular flexibility index (Phi) is 4.45. The van der Waals surface area contributed by atoms with E-state index in [-0.39, 0.29) is 5.78 Å². The van der Waals surface area contributed by atoms with Crippen molar-refractivity contribution in [3.05, 3.63) is 88.9 Å². The van der Waals surface area contributed by atoms with Crippen LogP contribution in [0.25, 0.3) is 11.1 Å². The molecule has 0 amide bonds. The second-order valence-corrected chi connectivity index (χ2v) is 5.47. The van der Waals surface area contributed by atoms with Crippen LogP contribution in [0.3, 0.4) is 0 Å². The predicted molar refractivity (Wildman–Crippen MR) is 93.3 cm³/mol. The molecular weight excluding hydrogens is 308 g/mol. The summed E-state index contributed by atoms with van der Waals surface area (Å²) in [6.45, 7) is 0. The minimum absolute atomic E-state index is 0.146. The number of ether oxygens (including phenoxy) is 1. The first-order valence-corrected chi connectivity index (χ1v) is 7.62. The summed E-state index contributed by atoms with van der Waals surface area (Å²) >= 11 is 6.25. The fraction of sp³-hybridized carbons (Fsp3) is 0.0500. The fourth-order valence-electron chi connectivity index (χ4n) is 2.58. The van der Waals surface area contributed by atoms with E-state index in [2.05, 4.69) is 0 Å². The zero-order valence-corrected chi connectivity index (χ0v) is 13.4. The fourth-order valence-corrected chi connectivity index (χ4v) is 2.83. The van der Waals surface area contributed by atoms with Crippen molar-refractivity contribution < 1.29 is 9.53 Å². The summed E-state index contributed by atoms with van der Waals surface area (Å²) in [5.41, 5.74) is 2.85. The van der Waals surface area contributed by atoms with E-state index in [4.69, 9.17) is 16.3 Å². The SMILES string of the molecule is COc1cccc(Cl)c1C(=O)c1ccccc1-c1ccccc1. The maximum absolute atomic E-state index is 13.1. The first-order chi connectivity index (χ1) is 11.2. The molecule has 23 heavy (non-hydrogen) atoms. The van der Waals surface area contributed by atoms with Gasteiger partial charge in [-0.3, -0.25) is 4.79 Å². The minimum Gasteiger partial charge on any atom is -0.496 e. The number of carbonyl (C=O) groups excluding carboxylic acids is 1. The lowest BCUT2D eigenvalue weighted by Gasteiger charge is -2.12. The molecule has 0 N–H and O–H groups in total. The highest BCUT2D eigenvalue weighted by molar-refractivity contribution is 6.35. The van der Waals surface area contributed by atoms with Crippen LogP contribution >= 0.6 is 11.6 Å². The monoisotopic (exact) mass is 322 g/mol. The van der Waals surface area contributed by atoms with Crippen LogP contribution in [0.4, 0.5) is 0 Å². The van der Waals surface area contributed by atoms with Gasteiger partial charge in [0.1, 0.15) is 5.75 Å². The average Bonchev–Trinajstić information content (AvgIpc) is 2.61. The van der Waals surface area contributed by atoms with Crippen molar-refractivity contribution in [3.63, 3.8) is 0 Å². The summed E-state index contributed by atoms with van der Waals surface area (Å²) in [7, 11) is 1.53. The maximum atomic E-state index is 13.1. The van der Waals surface area contributed by atoms with Crippen LogP contribution in [-0.2, 0) is 0 Å². The lowest BCUT2D eigenvalue weighted by atomic mass is 9.93. The molecule has 0 radical (unpaired) electrons. The van der Waals surface area contributed by atoms with E-state index >= 15 is 0 Å². The third-order valence-corrected chi connectivity index (χ3v) is 3.99. The molecule has 0 atom stereocenters. The molecule has 2 nitrogen and oxygen atoms in total. The Balaban J connectivity index is 2.16. The molecule has 0 saturated heterocycles. The molecule has 0 aliphatic heterocycles. The summed E-state index contributed by atoms with van der Waals surface area (Å²) in [6.07, 6.45) is 0. The van der Waals surface area contributed by atoms with Gasteiger partial charge in [0.15, 0.2) is 5.78 Å². The first-order valence-electron chi connectivity index (χ1n) is 7.24. The Labute approximate surface area is 140 Å². The zero-order chi connectivity index (χ0) is 16.2. The van der Waals surface area contributed by atoms with Crippen molar-refractivity contribution >= 4 is 17.4 Å². The standard InChI is InChI=1S/C20H15ClO2/c1-23-18-13-7-12-17(21)19(18)20(22)16-11-6-5-10-15(16)14-8-3-2-4-9-14/h2-13H,1H3. The molecule has 3 aromatic rings. The van der Waals surface area contributed by atoms with E-state index in [1.165, 1.54) is 7.11 Å². The molecule has 3 heteroatoms. The molecule has 0 heterocycles. The van der Waals surface area contributed by atoms with Gasteiger partial charge in [0.2, 0.25) is 0 Å². The maximum Gasteiger partial charge on any atom is 0.198 e. The molecule has 0 fully saturated rings. The normalized spacial score (nSPS) is 10.3. The predicted octanol–water partition coefficient (Wildman–Crippen LogP) is 5.25. The number of halogens is 1. The van der Waals surface area contributed by atoms with Gasteiger partial charge in [0.25, 0.3) is 0 Å². The molecule has 0 aromatic heterocycles. The minimum atomic E-state index is -0.146. The van der Waals surface area contributed by atoms with Crippen molar-refractivity contribution in [2.75, 3.05) is 7.11 Å². The average molecular weight is 323 g/mol. The Bertz CT molecular complexity index is 841. The van der Waals surface area contributed by atoms with Gasteiger partial charge in [-0.1, -0.05) is 72.3 Å². The molecule has 0 unspecified atom stereocenters. The largest absolute Gasteiger partial charge is 0.496 e. The summed E-state index contributed by atoms with van der Waals surface area (Å²) in [4.78, 5) is 13.1. The second-order valence-electron chi connectivity index (χ2n) is 5.06. The number of hydrogen-bond donors (Lipinski definition) is 0. The van der Waals surface area contributed by atoms with E-state index in [1.54, 1.807) is 18.2 Å². The Hall–Kier alpha value is -2.58. The number of ketones is 1. The quantitative estimate of drug-likeness (QED) is 0.613. The molecule has 3 aromatic carbocycles. The van der Waals surface area contributed by atoms with Crippen molar-refractivity contribution in [2.24, 2.45) is 0 Å². The lowest BCUT2D eigenvalue weighted by Crippen LogP contribution is -2.06. The van der Waals surface area contributed by atoms with Crippen LogP contribution in [-0.4, -0.2) is 12.9 Å². The molecule has 0 aliphatic rings. The van der Waals surface area contributed by atoms with E-state index in [1.807, 2.05) is 54.6 Å². The van der Waals surface area contributed by atoms with Crippen LogP contribution in [0.15, 0.2) is 72.8 Å². The number of benzene rings is 3. The lowest BCUT2D eigenvalue weighted by molar-refractivity contribution is 0.103.